The molecule has 1 atom stereocenters. The third kappa shape index (κ3) is 6.13. The third-order valence-corrected chi connectivity index (χ3v) is 4.63. The first kappa shape index (κ1) is 19.9. The minimum Gasteiger partial charge on any atom is -0.466 e. The van der Waals surface area contributed by atoms with E-state index in [1.54, 1.807) is 6.20 Å². The number of carbonyl (C=O) groups excluding carboxylic acids is 2. The predicted molar refractivity (Wildman–Crippen MR) is 100 cm³/mol. The second-order valence-corrected chi connectivity index (χ2v) is 6.77. The molecule has 0 aliphatic heterocycles. The third-order valence-electron chi connectivity index (χ3n) is 4.63. The van der Waals surface area contributed by atoms with E-state index in [1.165, 1.54) is 57.6 Å². The summed E-state index contributed by atoms with van der Waals surface area (Å²) in [7, 11) is 3.18. The summed E-state index contributed by atoms with van der Waals surface area (Å²) in [6.45, 7) is 2.64. The van der Waals surface area contributed by atoms with E-state index in [0.29, 0.717) is 17.4 Å². The van der Waals surface area contributed by atoms with Gasteiger partial charge in [-0.15, -0.1) is 0 Å². The number of likely N-dealkylation sites (N-methyl/N-ethyl adjacent to an activating group) is 1. The van der Waals surface area contributed by atoms with Crippen LogP contribution in [-0.4, -0.2) is 53.5 Å². The first-order chi connectivity index (χ1) is 12.5. The van der Waals surface area contributed by atoms with Crippen molar-refractivity contribution in [2.45, 2.75) is 45.1 Å². The van der Waals surface area contributed by atoms with Gasteiger partial charge in [0.15, 0.2) is 0 Å². The van der Waals surface area contributed by atoms with E-state index in [1.807, 2.05) is 18.9 Å². The summed E-state index contributed by atoms with van der Waals surface area (Å²) >= 11 is 0. The van der Waals surface area contributed by atoms with Gasteiger partial charge in [0.05, 0.1) is 25.2 Å². The Hall–Kier alpha value is -2.44. The van der Waals surface area contributed by atoms with Gasteiger partial charge < -0.3 is 15.0 Å². The lowest BCUT2D eigenvalue weighted by molar-refractivity contribution is -0.134. The molecule has 7 nitrogen and oxygen atoms in total. The average molecular weight is 360 g/mol. The molecule has 26 heavy (non-hydrogen) atoms. The van der Waals surface area contributed by atoms with E-state index in [2.05, 4.69) is 20.0 Å². The van der Waals surface area contributed by atoms with E-state index in [-0.39, 0.29) is 11.9 Å². The van der Waals surface area contributed by atoms with Crippen LogP contribution in [0.15, 0.2) is 18.5 Å². The van der Waals surface area contributed by atoms with E-state index >= 15 is 0 Å². The molecule has 1 heterocycles. The van der Waals surface area contributed by atoms with Gasteiger partial charge in [0.2, 0.25) is 5.91 Å². The van der Waals surface area contributed by atoms with Crippen molar-refractivity contribution in [3.8, 4) is 0 Å². The van der Waals surface area contributed by atoms with Crippen molar-refractivity contribution in [1.29, 1.82) is 0 Å². The number of ether oxygens (including phenoxy) is 1. The summed E-state index contributed by atoms with van der Waals surface area (Å²) in [5.74, 6) is 0.735. The predicted octanol–water partition coefficient (Wildman–Crippen LogP) is 2.50. The largest absolute Gasteiger partial charge is 0.466 e. The summed E-state index contributed by atoms with van der Waals surface area (Å²) in [6, 6.07) is -0.380. The maximum Gasteiger partial charge on any atom is 0.330 e. The van der Waals surface area contributed by atoms with Gasteiger partial charge >= 0.3 is 5.97 Å². The molecule has 0 bridgehead atoms. The van der Waals surface area contributed by atoms with Gasteiger partial charge in [0, 0.05) is 19.7 Å². The van der Waals surface area contributed by atoms with Crippen molar-refractivity contribution in [2.75, 3.05) is 26.0 Å². The molecule has 1 aliphatic rings. The Labute approximate surface area is 154 Å². The zero-order valence-corrected chi connectivity index (χ0v) is 15.8. The molecule has 1 aliphatic carbocycles. The zero-order valence-electron chi connectivity index (χ0n) is 15.8. The maximum atomic E-state index is 12.6. The van der Waals surface area contributed by atoms with E-state index in [9.17, 15) is 9.59 Å². The van der Waals surface area contributed by atoms with Crippen molar-refractivity contribution in [3.05, 3.63) is 24.2 Å². The standard InChI is InChI=1S/C19H28N4O3/c1-14(19(25)23(2)13-15-7-5-4-6-8-15)22-17-12-20-16(11-21-17)9-10-18(24)26-3/h9-12,14-15H,4-8,13H2,1-3H3,(H,21,22)/b10-9+/t14-/m1/s1. The Morgan fingerprint density at radius 1 is 1.31 bits per heavy atom. The second kappa shape index (κ2) is 9.89. The number of carbonyl (C=O) groups is 2. The lowest BCUT2D eigenvalue weighted by Gasteiger charge is -2.29. The van der Waals surface area contributed by atoms with Crippen LogP contribution in [0.25, 0.3) is 6.08 Å². The number of nitrogens with one attached hydrogen (secondary N) is 1. The van der Waals surface area contributed by atoms with Gasteiger partial charge in [0.25, 0.3) is 0 Å². The molecular weight excluding hydrogens is 332 g/mol. The molecule has 1 N–H and O–H groups in total. The highest BCUT2D eigenvalue weighted by Crippen LogP contribution is 2.24. The number of amides is 1. The van der Waals surface area contributed by atoms with E-state index in [0.717, 1.165) is 6.54 Å². The van der Waals surface area contributed by atoms with Crippen LogP contribution in [0.2, 0.25) is 0 Å². The molecule has 2 rings (SSSR count). The zero-order chi connectivity index (χ0) is 18.9. The van der Waals surface area contributed by atoms with Crippen molar-refractivity contribution in [2.24, 2.45) is 5.92 Å². The van der Waals surface area contributed by atoms with Crippen LogP contribution in [-0.2, 0) is 14.3 Å². The highest BCUT2D eigenvalue weighted by atomic mass is 16.5. The second-order valence-electron chi connectivity index (χ2n) is 6.77. The molecule has 1 saturated carbocycles. The molecule has 1 aromatic rings. The van der Waals surface area contributed by atoms with Gasteiger partial charge in [0.1, 0.15) is 11.9 Å². The minimum absolute atomic E-state index is 0.0482. The molecule has 142 valence electrons. The fourth-order valence-electron chi connectivity index (χ4n) is 3.18. The first-order valence-corrected chi connectivity index (χ1v) is 9.09. The fraction of sp³-hybridized carbons (Fsp3) is 0.579. The molecule has 1 amide bonds. The number of aromatic nitrogens is 2. The van der Waals surface area contributed by atoms with Gasteiger partial charge in [-0.3, -0.25) is 9.78 Å². The number of hydrogen-bond acceptors (Lipinski definition) is 6. The fourth-order valence-corrected chi connectivity index (χ4v) is 3.18. The Balaban J connectivity index is 1.85. The van der Waals surface area contributed by atoms with Crippen LogP contribution in [0.3, 0.4) is 0 Å². The van der Waals surface area contributed by atoms with Gasteiger partial charge in [-0.25, -0.2) is 9.78 Å². The van der Waals surface area contributed by atoms with E-state index in [4.69, 9.17) is 0 Å². The van der Waals surface area contributed by atoms with Crippen LogP contribution in [0.4, 0.5) is 5.82 Å². The molecule has 7 heteroatoms. The van der Waals surface area contributed by atoms with Crippen LogP contribution in [0, 0.1) is 5.92 Å². The summed E-state index contributed by atoms with van der Waals surface area (Å²) in [5.41, 5.74) is 0.536. The van der Waals surface area contributed by atoms with Crippen molar-refractivity contribution >= 4 is 23.8 Å². The number of anilines is 1. The molecule has 0 radical (unpaired) electrons. The highest BCUT2D eigenvalue weighted by molar-refractivity contribution is 5.86. The average Bonchev–Trinajstić information content (AvgIpc) is 2.67. The quantitative estimate of drug-likeness (QED) is 0.594. The van der Waals surface area contributed by atoms with Crippen LogP contribution < -0.4 is 5.32 Å². The monoisotopic (exact) mass is 360 g/mol. The van der Waals surface area contributed by atoms with Crippen LogP contribution in [0.5, 0.6) is 0 Å². The molecule has 0 aromatic carbocycles. The summed E-state index contributed by atoms with van der Waals surface area (Å²) < 4.78 is 4.52. The minimum atomic E-state index is -0.450. The highest BCUT2D eigenvalue weighted by Gasteiger charge is 2.22. The van der Waals surface area contributed by atoms with Crippen molar-refractivity contribution in [3.63, 3.8) is 0 Å². The SMILES string of the molecule is COC(=O)/C=C/c1cnc(N[C@H](C)C(=O)N(C)CC2CCCCC2)cn1. The van der Waals surface area contributed by atoms with E-state index < -0.39 is 5.97 Å². The van der Waals surface area contributed by atoms with Crippen molar-refractivity contribution in [1.82, 2.24) is 14.9 Å². The lowest BCUT2D eigenvalue weighted by atomic mass is 9.89. The Bertz CT molecular complexity index is 624. The number of rotatable bonds is 7. The topological polar surface area (TPSA) is 84.4 Å². The Morgan fingerprint density at radius 2 is 2.04 bits per heavy atom. The van der Waals surface area contributed by atoms with Gasteiger partial charge in [-0.1, -0.05) is 19.3 Å². The summed E-state index contributed by atoms with van der Waals surface area (Å²) in [4.78, 5) is 33.9. The smallest absolute Gasteiger partial charge is 0.330 e. The normalized spacial score (nSPS) is 16.3. The summed E-state index contributed by atoms with van der Waals surface area (Å²) in [5, 5.41) is 3.08. The molecule has 0 saturated heterocycles. The van der Waals surface area contributed by atoms with Gasteiger partial charge in [-0.2, -0.15) is 0 Å². The van der Waals surface area contributed by atoms with Crippen molar-refractivity contribution < 1.29 is 14.3 Å². The molecular formula is C19H28N4O3. The van der Waals surface area contributed by atoms with Crippen LogP contribution >= 0.6 is 0 Å². The Morgan fingerprint density at radius 3 is 2.65 bits per heavy atom. The maximum absolute atomic E-state index is 12.6. The Kier molecular flexibility index (Phi) is 7.56. The number of methoxy groups -OCH3 is 1. The molecule has 1 aromatic heterocycles. The summed E-state index contributed by atoms with van der Waals surface area (Å²) in [6.07, 6.45) is 12.2. The molecule has 1 fully saturated rings. The molecule has 0 spiro atoms. The number of esters is 1. The number of nitrogens with zero attached hydrogens (tertiary/aromatic N) is 3. The van der Waals surface area contributed by atoms with Crippen LogP contribution in [0.1, 0.15) is 44.7 Å². The van der Waals surface area contributed by atoms with Gasteiger partial charge in [-0.05, 0) is 31.8 Å². The molecule has 0 unspecified atom stereocenters. The first-order valence-electron chi connectivity index (χ1n) is 9.09. The number of hydrogen-bond donors (Lipinski definition) is 1. The lowest BCUT2D eigenvalue weighted by Crippen LogP contribution is -2.41.